The van der Waals surface area contributed by atoms with E-state index in [0.717, 1.165) is 13.1 Å². The number of nitrogens with one attached hydrogen (secondary N) is 2. The van der Waals surface area contributed by atoms with Crippen LogP contribution < -0.4 is 10.6 Å². The van der Waals surface area contributed by atoms with Crippen LogP contribution in [0.3, 0.4) is 0 Å². The summed E-state index contributed by atoms with van der Waals surface area (Å²) in [6.45, 7) is 1.97. The zero-order chi connectivity index (χ0) is 10.8. The third-order valence-electron chi connectivity index (χ3n) is 2.89. The molecular formula is C14H14N2. The lowest BCUT2D eigenvalue weighted by atomic mass is 10.0. The maximum atomic E-state index is 3.47. The molecule has 3 rings (SSSR count). The Balaban J connectivity index is 2.14. The zero-order valence-electron chi connectivity index (χ0n) is 9.03. The highest BCUT2D eigenvalue weighted by molar-refractivity contribution is 5.88. The molecule has 2 aromatic carbocycles. The third-order valence-corrected chi connectivity index (χ3v) is 2.89. The van der Waals surface area contributed by atoms with E-state index in [-0.39, 0.29) is 0 Å². The number of hydrogen-bond acceptors (Lipinski definition) is 2. The van der Waals surface area contributed by atoms with Gasteiger partial charge in [-0.1, -0.05) is 42.5 Å². The van der Waals surface area contributed by atoms with E-state index in [4.69, 9.17) is 0 Å². The summed E-state index contributed by atoms with van der Waals surface area (Å²) in [5, 5.41) is 6.88. The van der Waals surface area contributed by atoms with Crippen LogP contribution in [-0.2, 0) is 0 Å². The summed E-state index contributed by atoms with van der Waals surface area (Å²) in [5.41, 5.74) is 4.95. The van der Waals surface area contributed by atoms with Crippen LogP contribution in [0.25, 0.3) is 11.1 Å². The van der Waals surface area contributed by atoms with Crippen molar-refractivity contribution in [3.63, 3.8) is 0 Å². The van der Waals surface area contributed by atoms with E-state index in [9.17, 15) is 0 Å². The Morgan fingerprint density at radius 1 is 0.750 bits per heavy atom. The molecule has 2 heteroatoms. The molecular weight excluding hydrogens is 196 g/mol. The molecule has 16 heavy (non-hydrogen) atoms. The lowest BCUT2D eigenvalue weighted by Crippen LogP contribution is -2.20. The number of para-hydroxylation sites is 1. The summed E-state index contributed by atoms with van der Waals surface area (Å²) in [4.78, 5) is 0. The smallest absolute Gasteiger partial charge is 0.0656 e. The molecule has 1 aliphatic rings. The topological polar surface area (TPSA) is 24.1 Å². The molecule has 0 spiro atoms. The van der Waals surface area contributed by atoms with Gasteiger partial charge in [0.15, 0.2) is 0 Å². The molecule has 0 aromatic heterocycles. The second-order valence-corrected chi connectivity index (χ2v) is 3.95. The molecule has 80 valence electrons. The maximum absolute atomic E-state index is 3.47. The molecule has 2 nitrogen and oxygen atoms in total. The van der Waals surface area contributed by atoms with Gasteiger partial charge in [0, 0.05) is 18.7 Å². The summed E-state index contributed by atoms with van der Waals surface area (Å²) in [7, 11) is 0. The van der Waals surface area contributed by atoms with Crippen molar-refractivity contribution in [2.24, 2.45) is 0 Å². The Morgan fingerprint density at radius 2 is 1.56 bits per heavy atom. The number of benzene rings is 2. The highest BCUT2D eigenvalue weighted by atomic mass is 15.0. The predicted octanol–water partition coefficient (Wildman–Crippen LogP) is 3.19. The number of anilines is 2. The van der Waals surface area contributed by atoms with Crippen molar-refractivity contribution in [1.82, 2.24) is 0 Å². The lowest BCUT2D eigenvalue weighted by molar-refractivity contribution is 1.05. The normalized spacial score (nSPS) is 13.5. The van der Waals surface area contributed by atoms with Gasteiger partial charge in [0.1, 0.15) is 0 Å². The fourth-order valence-corrected chi connectivity index (χ4v) is 2.13. The first-order valence-electron chi connectivity index (χ1n) is 5.61. The van der Waals surface area contributed by atoms with Gasteiger partial charge < -0.3 is 10.6 Å². The van der Waals surface area contributed by atoms with Crippen molar-refractivity contribution in [1.29, 1.82) is 0 Å². The van der Waals surface area contributed by atoms with Gasteiger partial charge in [-0.15, -0.1) is 0 Å². The zero-order valence-corrected chi connectivity index (χ0v) is 9.03. The van der Waals surface area contributed by atoms with Crippen LogP contribution in [0.4, 0.5) is 11.4 Å². The van der Waals surface area contributed by atoms with Crippen LogP contribution in [0.2, 0.25) is 0 Å². The Kier molecular flexibility index (Phi) is 2.26. The van der Waals surface area contributed by atoms with Gasteiger partial charge in [-0.25, -0.2) is 0 Å². The second-order valence-electron chi connectivity index (χ2n) is 3.95. The van der Waals surface area contributed by atoms with E-state index >= 15 is 0 Å². The molecule has 0 radical (unpaired) electrons. The van der Waals surface area contributed by atoms with E-state index in [1.165, 1.54) is 22.5 Å². The van der Waals surface area contributed by atoms with Crippen LogP contribution in [0, 0.1) is 0 Å². The Bertz CT molecular complexity index is 491. The average molecular weight is 210 g/mol. The molecule has 0 amide bonds. The predicted molar refractivity (Wildman–Crippen MR) is 68.9 cm³/mol. The lowest BCUT2D eigenvalue weighted by Gasteiger charge is -2.22. The molecule has 0 saturated heterocycles. The van der Waals surface area contributed by atoms with Crippen LogP contribution >= 0.6 is 0 Å². The van der Waals surface area contributed by atoms with Crippen molar-refractivity contribution < 1.29 is 0 Å². The van der Waals surface area contributed by atoms with Gasteiger partial charge in [-0.05, 0) is 11.6 Å². The monoisotopic (exact) mass is 210 g/mol. The van der Waals surface area contributed by atoms with E-state index < -0.39 is 0 Å². The largest absolute Gasteiger partial charge is 0.382 e. The van der Waals surface area contributed by atoms with Crippen molar-refractivity contribution in [2.75, 3.05) is 23.7 Å². The molecule has 0 saturated carbocycles. The highest BCUT2D eigenvalue weighted by Gasteiger charge is 2.12. The van der Waals surface area contributed by atoms with Gasteiger partial charge in [0.25, 0.3) is 0 Å². The molecule has 0 bridgehead atoms. The van der Waals surface area contributed by atoms with E-state index in [1.807, 2.05) is 6.07 Å². The van der Waals surface area contributed by atoms with E-state index in [1.54, 1.807) is 0 Å². The molecule has 0 aliphatic carbocycles. The van der Waals surface area contributed by atoms with Crippen LogP contribution in [0.15, 0.2) is 48.5 Å². The summed E-state index contributed by atoms with van der Waals surface area (Å²) < 4.78 is 0. The summed E-state index contributed by atoms with van der Waals surface area (Å²) >= 11 is 0. The van der Waals surface area contributed by atoms with Gasteiger partial charge in [0.2, 0.25) is 0 Å². The Labute approximate surface area is 95.3 Å². The van der Waals surface area contributed by atoms with Crippen molar-refractivity contribution >= 4 is 11.4 Å². The molecule has 0 unspecified atom stereocenters. The SMILES string of the molecule is c1ccc(-c2cccc3c2NCCN3)cc1. The van der Waals surface area contributed by atoms with Crippen LogP contribution in [0.5, 0.6) is 0 Å². The maximum Gasteiger partial charge on any atom is 0.0656 e. The fourth-order valence-electron chi connectivity index (χ4n) is 2.13. The minimum atomic E-state index is 0.983. The van der Waals surface area contributed by atoms with Gasteiger partial charge >= 0.3 is 0 Å². The quantitative estimate of drug-likeness (QED) is 0.755. The van der Waals surface area contributed by atoms with Gasteiger partial charge in [0.05, 0.1) is 11.4 Å². The minimum Gasteiger partial charge on any atom is -0.382 e. The second kappa shape index (κ2) is 3.89. The Hall–Kier alpha value is -1.96. The molecule has 2 aromatic rings. The number of fused-ring (bicyclic) bond motifs is 1. The van der Waals surface area contributed by atoms with Crippen molar-refractivity contribution in [2.45, 2.75) is 0 Å². The summed E-state index contributed by atoms with van der Waals surface area (Å²) in [5.74, 6) is 0. The molecule has 0 fully saturated rings. The fraction of sp³-hybridized carbons (Fsp3) is 0.143. The first-order chi connectivity index (χ1) is 7.95. The summed E-state index contributed by atoms with van der Waals surface area (Å²) in [6.07, 6.45) is 0. The van der Waals surface area contributed by atoms with Gasteiger partial charge in [-0.3, -0.25) is 0 Å². The van der Waals surface area contributed by atoms with E-state index in [0.29, 0.717) is 0 Å². The molecule has 1 aliphatic heterocycles. The molecule has 2 N–H and O–H groups in total. The first-order valence-corrected chi connectivity index (χ1v) is 5.61. The van der Waals surface area contributed by atoms with Crippen molar-refractivity contribution in [3.05, 3.63) is 48.5 Å². The standard InChI is InChI=1S/C14H14N2/c1-2-5-11(6-3-1)12-7-4-8-13-14(12)16-10-9-15-13/h1-8,15-16H,9-10H2. The third kappa shape index (κ3) is 1.52. The Morgan fingerprint density at radius 3 is 2.44 bits per heavy atom. The number of hydrogen-bond donors (Lipinski definition) is 2. The number of rotatable bonds is 1. The minimum absolute atomic E-state index is 0.983. The highest BCUT2D eigenvalue weighted by Crippen LogP contribution is 2.35. The van der Waals surface area contributed by atoms with Crippen molar-refractivity contribution in [3.8, 4) is 11.1 Å². The van der Waals surface area contributed by atoms with Crippen LogP contribution in [0.1, 0.15) is 0 Å². The van der Waals surface area contributed by atoms with Crippen LogP contribution in [-0.4, -0.2) is 13.1 Å². The molecule has 1 heterocycles. The summed E-state index contributed by atoms with van der Waals surface area (Å²) in [6, 6.07) is 16.9. The van der Waals surface area contributed by atoms with Gasteiger partial charge in [-0.2, -0.15) is 0 Å². The van der Waals surface area contributed by atoms with E-state index in [2.05, 4.69) is 53.1 Å². The molecule has 0 atom stereocenters. The average Bonchev–Trinajstić information content (AvgIpc) is 2.39. The first kappa shape index (κ1) is 9.28.